The van der Waals surface area contributed by atoms with Crippen molar-refractivity contribution in [3.63, 3.8) is 0 Å². The largest absolute Gasteiger partial charge is 0.481 e. The fourth-order valence-electron chi connectivity index (χ4n) is 4.20. The van der Waals surface area contributed by atoms with Crippen molar-refractivity contribution in [1.29, 1.82) is 0 Å². The van der Waals surface area contributed by atoms with Crippen molar-refractivity contribution in [2.45, 2.75) is 92.1 Å². The molecule has 0 aromatic rings. The van der Waals surface area contributed by atoms with Crippen molar-refractivity contribution in [3.8, 4) is 0 Å². The molecule has 0 bridgehead atoms. The molecule has 5 nitrogen and oxygen atoms in total. The van der Waals surface area contributed by atoms with Gasteiger partial charge in [-0.05, 0) is 43.6 Å². The first-order chi connectivity index (χ1) is 14.1. The van der Waals surface area contributed by atoms with Crippen molar-refractivity contribution >= 4 is 17.7 Å². The van der Waals surface area contributed by atoms with Crippen LogP contribution in [0.15, 0.2) is 24.3 Å². The number of aliphatic carboxylic acids is 1. The van der Waals surface area contributed by atoms with Crippen LogP contribution in [0.5, 0.6) is 0 Å². The van der Waals surface area contributed by atoms with Gasteiger partial charge in [0, 0.05) is 31.1 Å². The molecule has 1 aliphatic carbocycles. The average Bonchev–Trinajstić information content (AvgIpc) is 2.92. The van der Waals surface area contributed by atoms with E-state index < -0.39 is 5.97 Å². The Labute approximate surface area is 182 Å². The molecule has 0 saturated heterocycles. The summed E-state index contributed by atoms with van der Waals surface area (Å²) in [4.78, 5) is 34.8. The van der Waals surface area contributed by atoms with E-state index in [0.717, 1.165) is 19.3 Å². The molecular weight excluding hydrogens is 380 g/mol. The van der Waals surface area contributed by atoms with Crippen LogP contribution in [0.1, 0.15) is 86.0 Å². The number of Topliss-reactive ketones (excluding diaryl/α,β-unsaturated/α-hetero) is 1. The van der Waals surface area contributed by atoms with Crippen LogP contribution in [-0.2, 0) is 19.1 Å². The predicted molar refractivity (Wildman–Crippen MR) is 119 cm³/mol. The van der Waals surface area contributed by atoms with Crippen LogP contribution < -0.4 is 0 Å². The molecule has 0 spiro atoms. The number of unbranched alkanes of at least 4 members (excludes halogenated alkanes) is 2. The number of ketones is 1. The second kappa shape index (κ2) is 12.7. The van der Waals surface area contributed by atoms with Crippen molar-refractivity contribution < 1.29 is 24.2 Å². The molecule has 4 atom stereocenters. The van der Waals surface area contributed by atoms with Crippen LogP contribution in [0.4, 0.5) is 0 Å². The monoisotopic (exact) mass is 420 g/mol. The topological polar surface area (TPSA) is 80.7 Å². The van der Waals surface area contributed by atoms with Crippen molar-refractivity contribution in [1.82, 2.24) is 0 Å². The summed E-state index contributed by atoms with van der Waals surface area (Å²) in [6.45, 7) is 9.95. The van der Waals surface area contributed by atoms with E-state index in [9.17, 15) is 14.4 Å². The molecule has 0 aromatic carbocycles. The first kappa shape index (κ1) is 26.1. The summed E-state index contributed by atoms with van der Waals surface area (Å²) < 4.78 is 5.64. The minimum Gasteiger partial charge on any atom is -0.481 e. The average molecular weight is 421 g/mol. The van der Waals surface area contributed by atoms with E-state index in [0.29, 0.717) is 25.7 Å². The zero-order valence-corrected chi connectivity index (χ0v) is 19.4. The van der Waals surface area contributed by atoms with E-state index in [1.54, 1.807) is 0 Å². The highest BCUT2D eigenvalue weighted by molar-refractivity contribution is 5.84. The Bertz CT molecular complexity index is 631. The van der Waals surface area contributed by atoms with Gasteiger partial charge in [-0.1, -0.05) is 58.8 Å². The highest BCUT2D eigenvalue weighted by Gasteiger charge is 2.38. The number of carboxylic acids is 1. The maximum Gasteiger partial charge on any atom is 0.303 e. The van der Waals surface area contributed by atoms with Gasteiger partial charge in [0.2, 0.25) is 0 Å². The van der Waals surface area contributed by atoms with Crippen molar-refractivity contribution in [2.24, 2.45) is 23.2 Å². The smallest absolute Gasteiger partial charge is 0.303 e. The minimum absolute atomic E-state index is 0.0660. The zero-order valence-electron chi connectivity index (χ0n) is 19.4. The number of allylic oxidation sites excluding steroid dienone is 3. The highest BCUT2D eigenvalue weighted by Crippen LogP contribution is 2.39. The van der Waals surface area contributed by atoms with Gasteiger partial charge >= 0.3 is 11.9 Å². The van der Waals surface area contributed by atoms with Crippen LogP contribution in [0.25, 0.3) is 0 Å². The number of hydrogen-bond acceptors (Lipinski definition) is 4. The van der Waals surface area contributed by atoms with Crippen LogP contribution in [0.2, 0.25) is 0 Å². The second-order valence-electron chi connectivity index (χ2n) is 9.33. The molecule has 1 saturated carbocycles. The number of carbonyl (C=O) groups is 3. The molecule has 30 heavy (non-hydrogen) atoms. The van der Waals surface area contributed by atoms with Gasteiger partial charge in [0.1, 0.15) is 11.9 Å². The Morgan fingerprint density at radius 3 is 2.57 bits per heavy atom. The van der Waals surface area contributed by atoms with E-state index in [1.807, 2.05) is 18.2 Å². The van der Waals surface area contributed by atoms with Gasteiger partial charge in [-0.25, -0.2) is 0 Å². The number of ether oxygens (including phenoxy) is 1. The van der Waals surface area contributed by atoms with Crippen LogP contribution in [0.3, 0.4) is 0 Å². The van der Waals surface area contributed by atoms with E-state index >= 15 is 0 Å². The molecule has 0 amide bonds. The molecule has 1 aliphatic rings. The van der Waals surface area contributed by atoms with E-state index in [4.69, 9.17) is 9.84 Å². The van der Waals surface area contributed by atoms with Gasteiger partial charge in [-0.2, -0.15) is 0 Å². The lowest BCUT2D eigenvalue weighted by Crippen LogP contribution is -2.32. The van der Waals surface area contributed by atoms with Gasteiger partial charge < -0.3 is 9.84 Å². The Balaban J connectivity index is 2.83. The quantitative estimate of drug-likeness (QED) is 0.234. The van der Waals surface area contributed by atoms with Gasteiger partial charge in [0.05, 0.1) is 0 Å². The summed E-state index contributed by atoms with van der Waals surface area (Å²) in [7, 11) is 0. The Hall–Kier alpha value is -1.91. The summed E-state index contributed by atoms with van der Waals surface area (Å²) in [6, 6.07) is 0. The maximum atomic E-state index is 12.5. The fourth-order valence-corrected chi connectivity index (χ4v) is 4.20. The number of carbonyl (C=O) groups excluding carboxylic acids is 2. The zero-order chi connectivity index (χ0) is 22.7. The van der Waals surface area contributed by atoms with Crippen molar-refractivity contribution in [3.05, 3.63) is 24.3 Å². The molecule has 1 N–H and O–H groups in total. The number of carboxylic acid groups (broad SMARTS) is 1. The first-order valence-electron chi connectivity index (χ1n) is 11.3. The van der Waals surface area contributed by atoms with Gasteiger partial charge in [-0.15, -0.1) is 0 Å². The van der Waals surface area contributed by atoms with Crippen molar-refractivity contribution in [2.75, 3.05) is 0 Å². The Kier molecular flexibility index (Phi) is 11.1. The second-order valence-corrected chi connectivity index (χ2v) is 9.33. The lowest BCUT2D eigenvalue weighted by molar-refractivity contribution is -0.149. The van der Waals surface area contributed by atoms with Gasteiger partial charge in [0.25, 0.3) is 0 Å². The summed E-state index contributed by atoms with van der Waals surface area (Å²) >= 11 is 0. The number of esters is 1. The summed E-state index contributed by atoms with van der Waals surface area (Å²) in [6.07, 6.45) is 13.6. The third-order valence-electron chi connectivity index (χ3n) is 6.12. The van der Waals surface area contributed by atoms with Crippen LogP contribution in [0, 0.1) is 23.2 Å². The molecule has 1 rings (SSSR count). The summed E-state index contributed by atoms with van der Waals surface area (Å²) in [5.74, 6) is -0.467. The van der Waals surface area contributed by atoms with Gasteiger partial charge in [0.15, 0.2) is 0 Å². The van der Waals surface area contributed by atoms with Crippen LogP contribution >= 0.6 is 0 Å². The molecule has 5 heteroatoms. The molecule has 0 unspecified atom stereocenters. The highest BCUT2D eigenvalue weighted by atomic mass is 16.5. The molecule has 0 aliphatic heterocycles. The lowest BCUT2D eigenvalue weighted by atomic mass is 9.79. The number of hydrogen-bond donors (Lipinski definition) is 1. The van der Waals surface area contributed by atoms with Crippen LogP contribution in [-0.4, -0.2) is 28.9 Å². The Morgan fingerprint density at radius 2 is 1.97 bits per heavy atom. The minimum atomic E-state index is -0.780. The third kappa shape index (κ3) is 8.85. The van der Waals surface area contributed by atoms with Gasteiger partial charge in [-0.3, -0.25) is 14.4 Å². The maximum absolute atomic E-state index is 12.5. The predicted octanol–water partition coefficient (Wildman–Crippen LogP) is 5.73. The van der Waals surface area contributed by atoms with E-state index in [-0.39, 0.29) is 47.4 Å². The lowest BCUT2D eigenvalue weighted by Gasteiger charge is -2.32. The van der Waals surface area contributed by atoms with E-state index in [2.05, 4.69) is 33.8 Å². The molecule has 0 aromatic heterocycles. The fraction of sp³-hybridized carbons (Fsp3) is 0.720. The molecular formula is C25H40O5. The summed E-state index contributed by atoms with van der Waals surface area (Å²) in [5, 5.41) is 8.70. The summed E-state index contributed by atoms with van der Waals surface area (Å²) in [5.41, 5.74) is -0.163. The molecule has 0 heterocycles. The third-order valence-corrected chi connectivity index (χ3v) is 6.12. The Morgan fingerprint density at radius 1 is 1.27 bits per heavy atom. The standard InChI is InChI=1S/C25H40O5/c1-6-7-16-25(4,5)23(30-19(3)26)15-14-20-18(2)17-22(27)21(20)12-10-8-9-11-13-24(28)29/h8,10,14-15,18,20-21,23H,6-7,9,11-13,16-17H2,1-5H3,(H,28,29)/b10-8-,15-14+/t18-,20-,21-,23-/m1/s1. The first-order valence-corrected chi connectivity index (χ1v) is 11.3. The molecule has 170 valence electrons. The molecule has 1 fully saturated rings. The SMILES string of the molecule is CCCCC(C)(C)[C@@H](/C=C/[C@@H]1[C@H](C)CC(=O)[C@@H]1C/C=C\CCCC(=O)O)OC(C)=O. The van der Waals surface area contributed by atoms with E-state index in [1.165, 1.54) is 6.92 Å². The molecule has 0 radical (unpaired) electrons. The normalized spacial score (nSPS) is 23.4. The number of rotatable bonds is 13.